The highest BCUT2D eigenvalue weighted by Gasteiger charge is 2.12. The van der Waals surface area contributed by atoms with Gasteiger partial charge in [0.25, 0.3) is 0 Å². The van der Waals surface area contributed by atoms with Gasteiger partial charge >= 0.3 is 0 Å². The average Bonchev–Trinajstić information content (AvgIpc) is 3.06. The molecule has 0 aliphatic heterocycles. The largest absolute Gasteiger partial charge is 0.284 e. The van der Waals surface area contributed by atoms with Crippen LogP contribution in [0.15, 0.2) is 24.3 Å². The number of hydrogen-bond donors (Lipinski definition) is 1. The molecule has 126 valence electrons. The summed E-state index contributed by atoms with van der Waals surface area (Å²) < 4.78 is 27.9. The Morgan fingerprint density at radius 2 is 1.92 bits per heavy atom. The molecule has 0 aliphatic carbocycles. The third-order valence-electron chi connectivity index (χ3n) is 3.73. The fraction of sp³-hybridized carbons (Fsp3) is 0.312. The van der Waals surface area contributed by atoms with Gasteiger partial charge in [-0.25, -0.2) is 13.4 Å². The van der Waals surface area contributed by atoms with Crippen molar-refractivity contribution >= 4 is 27.9 Å². The first-order chi connectivity index (χ1) is 11.4. The second-order valence-corrected chi connectivity index (χ2v) is 7.51. The molecule has 0 atom stereocenters. The van der Waals surface area contributed by atoms with Crippen molar-refractivity contribution in [1.29, 1.82) is 0 Å². The van der Waals surface area contributed by atoms with Gasteiger partial charge in [-0.1, -0.05) is 19.9 Å². The number of benzene rings is 1. The maximum atomic E-state index is 11.9. The van der Waals surface area contributed by atoms with E-state index in [-0.39, 0.29) is 5.75 Å². The van der Waals surface area contributed by atoms with E-state index in [1.54, 1.807) is 24.3 Å². The third kappa shape index (κ3) is 3.23. The van der Waals surface area contributed by atoms with Gasteiger partial charge in [0.15, 0.2) is 11.5 Å². The lowest BCUT2D eigenvalue weighted by molar-refractivity contribution is 0.598. The summed E-state index contributed by atoms with van der Waals surface area (Å²) in [6.45, 7) is 7.75. The molecule has 0 unspecified atom stereocenters. The van der Waals surface area contributed by atoms with Crippen molar-refractivity contribution in [1.82, 2.24) is 19.8 Å². The predicted molar refractivity (Wildman–Crippen MR) is 94.0 cm³/mol. The van der Waals surface area contributed by atoms with Gasteiger partial charge in [0, 0.05) is 16.5 Å². The second kappa shape index (κ2) is 6.20. The zero-order valence-corrected chi connectivity index (χ0v) is 14.5. The summed E-state index contributed by atoms with van der Waals surface area (Å²) in [4.78, 5) is 4.44. The van der Waals surface area contributed by atoms with Crippen LogP contribution in [0.2, 0.25) is 0 Å². The summed E-state index contributed by atoms with van der Waals surface area (Å²) in [6.07, 6.45) is 1.48. The van der Waals surface area contributed by atoms with Gasteiger partial charge in [-0.15, -0.1) is 9.73 Å². The molecule has 0 spiro atoms. The molecule has 7 nitrogen and oxygen atoms in total. The normalized spacial score (nSPS) is 11.9. The predicted octanol–water partition coefficient (Wildman–Crippen LogP) is 1.77. The minimum absolute atomic E-state index is 0.125. The topological polar surface area (TPSA) is 89.2 Å². The van der Waals surface area contributed by atoms with Gasteiger partial charge in [0.2, 0.25) is 10.0 Å². The van der Waals surface area contributed by atoms with Crippen molar-refractivity contribution in [2.45, 2.75) is 26.7 Å². The second-order valence-electron chi connectivity index (χ2n) is 5.66. The highest BCUT2D eigenvalue weighted by Crippen LogP contribution is 2.19. The van der Waals surface area contributed by atoms with E-state index in [9.17, 15) is 8.42 Å². The number of rotatable bonds is 6. The number of aromatic nitrogens is 4. The fourth-order valence-corrected chi connectivity index (χ4v) is 3.57. The molecule has 0 saturated heterocycles. The molecule has 1 N–H and O–H groups in total. The van der Waals surface area contributed by atoms with Crippen molar-refractivity contribution in [3.63, 3.8) is 0 Å². The van der Waals surface area contributed by atoms with Crippen LogP contribution in [-0.4, -0.2) is 34.0 Å². The summed E-state index contributed by atoms with van der Waals surface area (Å²) in [5, 5.41) is 9.33. The van der Waals surface area contributed by atoms with Crippen molar-refractivity contribution in [3.8, 4) is 11.4 Å². The van der Waals surface area contributed by atoms with Crippen molar-refractivity contribution in [3.05, 3.63) is 35.2 Å². The standard InChI is InChI=1S/C16H19N5O2S/c1-4-5-10-24(22,23)20-14-8-6-13(7-9-14)15-17-16-11(2)12(3)18-21(16)19-15/h6-9,20H,2,4-5,10H2,1,3H3. The Morgan fingerprint density at radius 3 is 2.54 bits per heavy atom. The average molecular weight is 345 g/mol. The quantitative estimate of drug-likeness (QED) is 0.735. The Morgan fingerprint density at radius 1 is 1.21 bits per heavy atom. The van der Waals surface area contributed by atoms with Crippen LogP contribution in [0.1, 0.15) is 25.5 Å². The van der Waals surface area contributed by atoms with E-state index in [1.165, 1.54) is 4.63 Å². The Hall–Kier alpha value is -2.48. The van der Waals surface area contributed by atoms with E-state index in [4.69, 9.17) is 0 Å². The van der Waals surface area contributed by atoms with Crippen LogP contribution >= 0.6 is 0 Å². The smallest absolute Gasteiger partial charge is 0.232 e. The van der Waals surface area contributed by atoms with Crippen LogP contribution in [0, 0.1) is 6.92 Å². The first-order valence-electron chi connectivity index (χ1n) is 7.73. The third-order valence-corrected chi connectivity index (χ3v) is 5.10. The van der Waals surface area contributed by atoms with Crippen LogP contribution < -0.4 is 9.94 Å². The molecule has 3 aromatic rings. The summed E-state index contributed by atoms with van der Waals surface area (Å²) in [7, 11) is -3.30. The summed E-state index contributed by atoms with van der Waals surface area (Å²) in [5.74, 6) is 0.655. The van der Waals surface area contributed by atoms with Crippen molar-refractivity contribution < 1.29 is 8.42 Å². The number of hydrogen-bond acceptors (Lipinski definition) is 5. The fourth-order valence-electron chi connectivity index (χ4n) is 2.30. The zero-order valence-electron chi connectivity index (χ0n) is 13.7. The molecule has 0 saturated carbocycles. The molecule has 0 aliphatic rings. The number of nitrogens with zero attached hydrogens (tertiary/aromatic N) is 4. The highest BCUT2D eigenvalue weighted by molar-refractivity contribution is 7.92. The molecule has 0 bridgehead atoms. The maximum Gasteiger partial charge on any atom is 0.232 e. The van der Waals surface area contributed by atoms with E-state index in [1.807, 2.05) is 13.8 Å². The zero-order chi connectivity index (χ0) is 17.3. The van der Waals surface area contributed by atoms with E-state index in [0.717, 1.165) is 22.9 Å². The number of anilines is 1. The minimum atomic E-state index is -3.30. The molecular weight excluding hydrogens is 326 g/mol. The van der Waals surface area contributed by atoms with Gasteiger partial charge in [-0.2, -0.15) is 5.10 Å². The maximum absolute atomic E-state index is 11.9. The van der Waals surface area contributed by atoms with Gasteiger partial charge in [-0.3, -0.25) is 4.72 Å². The van der Waals surface area contributed by atoms with Gasteiger partial charge in [0.1, 0.15) is 0 Å². The van der Waals surface area contributed by atoms with E-state index in [0.29, 0.717) is 23.6 Å². The Balaban J connectivity index is 1.82. The molecule has 3 rings (SSSR count). The minimum Gasteiger partial charge on any atom is -0.284 e. The summed E-state index contributed by atoms with van der Waals surface area (Å²) in [6, 6.07) is 6.97. The van der Waals surface area contributed by atoms with Crippen molar-refractivity contribution in [2.75, 3.05) is 10.5 Å². The monoisotopic (exact) mass is 345 g/mol. The number of nitrogens with one attached hydrogen (secondary N) is 1. The van der Waals surface area contributed by atoms with Crippen molar-refractivity contribution in [2.24, 2.45) is 0 Å². The molecule has 0 radical (unpaired) electrons. The number of sulfonamides is 1. The Labute approximate surface area is 140 Å². The highest BCUT2D eigenvalue weighted by atomic mass is 32.2. The van der Waals surface area contributed by atoms with Gasteiger partial charge in [-0.05, 0) is 37.6 Å². The van der Waals surface area contributed by atoms with Crippen LogP contribution in [0.25, 0.3) is 23.6 Å². The number of unbranched alkanes of at least 4 members (excludes halogenated alkanes) is 1. The van der Waals surface area contributed by atoms with Gasteiger partial charge in [0.05, 0.1) is 11.4 Å². The van der Waals surface area contributed by atoms with Crippen LogP contribution in [0.4, 0.5) is 5.69 Å². The molecule has 2 heterocycles. The SMILES string of the molecule is C=c1c(C)nn2nc(-c3ccc(NS(=O)(=O)CCCC)cc3)nc12. The molecule has 0 fully saturated rings. The lowest BCUT2D eigenvalue weighted by Crippen LogP contribution is -2.16. The van der Waals surface area contributed by atoms with Crippen LogP contribution in [0.5, 0.6) is 0 Å². The summed E-state index contributed by atoms with van der Waals surface area (Å²) >= 11 is 0. The molecule has 0 amide bonds. The molecule has 2 aromatic heterocycles. The first-order valence-corrected chi connectivity index (χ1v) is 9.38. The van der Waals surface area contributed by atoms with Crippen LogP contribution in [0.3, 0.4) is 0 Å². The number of fused-ring (bicyclic) bond motifs is 1. The van der Waals surface area contributed by atoms with E-state index < -0.39 is 10.0 Å². The molecular formula is C16H19N5O2S. The number of aryl methyl sites for hydroxylation is 1. The summed E-state index contributed by atoms with van der Waals surface area (Å²) in [5.41, 5.74) is 2.74. The lowest BCUT2D eigenvalue weighted by atomic mass is 10.2. The van der Waals surface area contributed by atoms with E-state index >= 15 is 0 Å². The van der Waals surface area contributed by atoms with Gasteiger partial charge < -0.3 is 0 Å². The first kappa shape index (κ1) is 16.4. The Bertz CT molecular complexity index is 1010. The van der Waals surface area contributed by atoms with E-state index in [2.05, 4.69) is 26.5 Å². The lowest BCUT2D eigenvalue weighted by Gasteiger charge is -2.07. The molecule has 8 heteroatoms. The molecule has 1 aromatic carbocycles. The molecule has 24 heavy (non-hydrogen) atoms. The van der Waals surface area contributed by atoms with Crippen LogP contribution in [-0.2, 0) is 10.0 Å². The Kier molecular flexibility index (Phi) is 4.23.